The molecule has 0 saturated carbocycles. The zero-order valence-electron chi connectivity index (χ0n) is 10.6. The van der Waals surface area contributed by atoms with Crippen molar-refractivity contribution < 1.29 is 14.7 Å². The average Bonchev–Trinajstić information content (AvgIpc) is 2.31. The Morgan fingerprint density at radius 2 is 2.06 bits per heavy atom. The summed E-state index contributed by atoms with van der Waals surface area (Å²) < 4.78 is 0. The number of carbonyl (C=O) groups is 2. The summed E-state index contributed by atoms with van der Waals surface area (Å²) in [5.74, 6) is -1.75. The number of carbonyl (C=O) groups excluding carboxylic acids is 1. The van der Waals surface area contributed by atoms with E-state index in [9.17, 15) is 9.59 Å². The molecule has 1 rings (SSSR count). The molecule has 1 N–H and O–H groups in total. The lowest BCUT2D eigenvalue weighted by Gasteiger charge is -2.19. The Morgan fingerprint density at radius 3 is 2.56 bits per heavy atom. The van der Waals surface area contributed by atoms with Crippen LogP contribution in [0.5, 0.6) is 0 Å². The molecule has 0 spiro atoms. The van der Waals surface area contributed by atoms with E-state index in [1.807, 2.05) is 6.92 Å². The summed E-state index contributed by atoms with van der Waals surface area (Å²) in [6, 6.07) is 5.05. The molecule has 5 heteroatoms. The van der Waals surface area contributed by atoms with Crippen LogP contribution in [0.15, 0.2) is 18.2 Å². The predicted molar refractivity (Wildman–Crippen MR) is 69.9 cm³/mol. The zero-order valence-corrected chi connectivity index (χ0v) is 11.4. The normalized spacial score (nSPS) is 12.0. The van der Waals surface area contributed by atoms with Crippen LogP contribution in [0.4, 0.5) is 0 Å². The largest absolute Gasteiger partial charge is 0.481 e. The number of aryl methyl sites for hydroxylation is 1. The summed E-state index contributed by atoms with van der Waals surface area (Å²) in [5, 5.41) is 9.33. The van der Waals surface area contributed by atoms with Crippen molar-refractivity contribution in [2.75, 3.05) is 13.6 Å². The lowest BCUT2D eigenvalue weighted by atomic mass is 10.1. The van der Waals surface area contributed by atoms with Gasteiger partial charge in [0.2, 0.25) is 0 Å². The second kappa shape index (κ2) is 5.87. The van der Waals surface area contributed by atoms with Crippen molar-refractivity contribution >= 4 is 23.5 Å². The number of halogens is 1. The molecular weight excluding hydrogens is 254 g/mol. The summed E-state index contributed by atoms with van der Waals surface area (Å²) in [7, 11) is 1.58. The lowest BCUT2D eigenvalue weighted by molar-refractivity contribution is -0.141. The number of hydrogen-bond donors (Lipinski definition) is 1. The first-order valence-corrected chi connectivity index (χ1v) is 5.95. The Bertz CT molecular complexity index is 473. The number of hydrogen-bond acceptors (Lipinski definition) is 2. The molecule has 4 nitrogen and oxygen atoms in total. The fourth-order valence-electron chi connectivity index (χ4n) is 1.52. The van der Waals surface area contributed by atoms with Crippen LogP contribution in [0, 0.1) is 12.8 Å². The second-order valence-corrected chi connectivity index (χ2v) is 4.80. The number of nitrogens with zero attached hydrogens (tertiary/aromatic N) is 1. The molecular formula is C13H16ClNO3. The monoisotopic (exact) mass is 269 g/mol. The van der Waals surface area contributed by atoms with Crippen LogP contribution in [0.3, 0.4) is 0 Å². The van der Waals surface area contributed by atoms with Gasteiger partial charge in [-0.05, 0) is 24.6 Å². The van der Waals surface area contributed by atoms with Crippen LogP contribution >= 0.6 is 11.6 Å². The van der Waals surface area contributed by atoms with Crippen molar-refractivity contribution in [3.63, 3.8) is 0 Å². The minimum Gasteiger partial charge on any atom is -0.481 e. The van der Waals surface area contributed by atoms with E-state index in [2.05, 4.69) is 0 Å². The van der Waals surface area contributed by atoms with Gasteiger partial charge in [0.05, 0.1) is 5.92 Å². The van der Waals surface area contributed by atoms with E-state index in [1.165, 1.54) is 4.90 Å². The first kappa shape index (κ1) is 14.5. The van der Waals surface area contributed by atoms with E-state index in [0.29, 0.717) is 10.6 Å². The molecule has 0 unspecified atom stereocenters. The standard InChI is InChI=1S/C13H16ClNO3/c1-8-4-5-10(6-11(8)14)12(16)15(3)7-9(2)13(17)18/h4-6,9H,7H2,1-3H3,(H,17,18)/t9-/m0/s1. The molecule has 0 saturated heterocycles. The molecule has 1 aromatic rings. The second-order valence-electron chi connectivity index (χ2n) is 4.39. The minimum absolute atomic E-state index is 0.166. The fourth-order valence-corrected chi connectivity index (χ4v) is 1.70. The maximum Gasteiger partial charge on any atom is 0.308 e. The van der Waals surface area contributed by atoms with Crippen LogP contribution in [-0.4, -0.2) is 35.5 Å². The molecule has 0 radical (unpaired) electrons. The highest BCUT2D eigenvalue weighted by molar-refractivity contribution is 6.31. The van der Waals surface area contributed by atoms with Gasteiger partial charge < -0.3 is 10.0 Å². The van der Waals surface area contributed by atoms with Crippen molar-refractivity contribution in [3.8, 4) is 0 Å². The Balaban J connectivity index is 2.80. The van der Waals surface area contributed by atoms with Gasteiger partial charge in [-0.2, -0.15) is 0 Å². The van der Waals surface area contributed by atoms with Crippen molar-refractivity contribution in [2.24, 2.45) is 5.92 Å². The van der Waals surface area contributed by atoms with E-state index in [0.717, 1.165) is 5.56 Å². The van der Waals surface area contributed by atoms with Gasteiger partial charge in [-0.3, -0.25) is 9.59 Å². The number of carboxylic acids is 1. The highest BCUT2D eigenvalue weighted by atomic mass is 35.5. The zero-order chi connectivity index (χ0) is 13.9. The van der Waals surface area contributed by atoms with Gasteiger partial charge in [-0.25, -0.2) is 0 Å². The topological polar surface area (TPSA) is 57.6 Å². The number of benzene rings is 1. The Labute approximate surface area is 111 Å². The van der Waals surface area contributed by atoms with Gasteiger partial charge >= 0.3 is 5.97 Å². The quantitative estimate of drug-likeness (QED) is 0.913. The van der Waals surface area contributed by atoms with Crippen molar-refractivity contribution in [1.29, 1.82) is 0 Å². The summed E-state index contributed by atoms with van der Waals surface area (Å²) in [5.41, 5.74) is 1.36. The van der Waals surface area contributed by atoms with Crippen LogP contribution < -0.4 is 0 Å². The maximum absolute atomic E-state index is 12.0. The van der Waals surface area contributed by atoms with Crippen LogP contribution in [0.25, 0.3) is 0 Å². The number of rotatable bonds is 4. The lowest BCUT2D eigenvalue weighted by Crippen LogP contribution is -2.33. The first-order chi connectivity index (χ1) is 8.32. The van der Waals surface area contributed by atoms with Gasteiger partial charge in [-0.1, -0.05) is 24.6 Å². The summed E-state index contributed by atoms with van der Waals surface area (Å²) in [6.07, 6.45) is 0. The van der Waals surface area contributed by atoms with Crippen LogP contribution in [-0.2, 0) is 4.79 Å². The number of carboxylic acid groups (broad SMARTS) is 1. The fraction of sp³-hybridized carbons (Fsp3) is 0.385. The summed E-state index contributed by atoms with van der Waals surface area (Å²) in [6.45, 7) is 3.58. The van der Waals surface area contributed by atoms with Gasteiger partial charge in [-0.15, -0.1) is 0 Å². The van der Waals surface area contributed by atoms with E-state index in [1.54, 1.807) is 32.2 Å². The number of aliphatic carboxylic acids is 1. The molecule has 98 valence electrons. The third-order valence-corrected chi connectivity index (χ3v) is 3.14. The third-order valence-electron chi connectivity index (χ3n) is 2.73. The molecule has 0 bridgehead atoms. The number of amides is 1. The van der Waals surface area contributed by atoms with Gasteiger partial charge in [0.25, 0.3) is 5.91 Å². The molecule has 0 fully saturated rings. The van der Waals surface area contributed by atoms with E-state index in [-0.39, 0.29) is 12.5 Å². The Hall–Kier alpha value is -1.55. The first-order valence-electron chi connectivity index (χ1n) is 5.57. The van der Waals surface area contributed by atoms with E-state index >= 15 is 0 Å². The van der Waals surface area contributed by atoms with Gasteiger partial charge in [0, 0.05) is 24.2 Å². The van der Waals surface area contributed by atoms with Crippen molar-refractivity contribution in [2.45, 2.75) is 13.8 Å². The molecule has 1 amide bonds. The molecule has 18 heavy (non-hydrogen) atoms. The predicted octanol–water partition coefficient (Wildman–Crippen LogP) is 2.44. The van der Waals surface area contributed by atoms with Crippen molar-refractivity contribution in [3.05, 3.63) is 34.3 Å². The maximum atomic E-state index is 12.0. The highest BCUT2D eigenvalue weighted by Gasteiger charge is 2.18. The smallest absolute Gasteiger partial charge is 0.308 e. The molecule has 1 aromatic carbocycles. The summed E-state index contributed by atoms with van der Waals surface area (Å²) in [4.78, 5) is 24.2. The van der Waals surface area contributed by atoms with Gasteiger partial charge in [0.15, 0.2) is 0 Å². The van der Waals surface area contributed by atoms with E-state index in [4.69, 9.17) is 16.7 Å². The molecule has 0 aliphatic carbocycles. The van der Waals surface area contributed by atoms with E-state index < -0.39 is 11.9 Å². The third kappa shape index (κ3) is 3.47. The SMILES string of the molecule is Cc1ccc(C(=O)N(C)C[C@H](C)C(=O)O)cc1Cl. The summed E-state index contributed by atoms with van der Waals surface area (Å²) >= 11 is 5.95. The van der Waals surface area contributed by atoms with Crippen molar-refractivity contribution in [1.82, 2.24) is 4.90 Å². The average molecular weight is 270 g/mol. The molecule has 1 atom stereocenters. The molecule has 0 aromatic heterocycles. The van der Waals surface area contributed by atoms with Gasteiger partial charge in [0.1, 0.15) is 0 Å². The highest BCUT2D eigenvalue weighted by Crippen LogP contribution is 2.17. The Kier molecular flexibility index (Phi) is 4.73. The molecule has 0 aliphatic heterocycles. The minimum atomic E-state index is -0.920. The molecule has 0 heterocycles. The van der Waals surface area contributed by atoms with Crippen LogP contribution in [0.2, 0.25) is 5.02 Å². The Morgan fingerprint density at radius 1 is 1.44 bits per heavy atom. The molecule has 0 aliphatic rings. The van der Waals surface area contributed by atoms with Crippen LogP contribution in [0.1, 0.15) is 22.8 Å².